The summed E-state index contributed by atoms with van der Waals surface area (Å²) in [4.78, 5) is 27.5. The minimum absolute atomic E-state index is 0.0285. The summed E-state index contributed by atoms with van der Waals surface area (Å²) >= 11 is 0. The van der Waals surface area contributed by atoms with Crippen LogP contribution in [0.1, 0.15) is 30.1 Å². The molecule has 1 aliphatic heterocycles. The van der Waals surface area contributed by atoms with Gasteiger partial charge in [0.2, 0.25) is 0 Å². The summed E-state index contributed by atoms with van der Waals surface area (Å²) in [6, 6.07) is 8.79. The Morgan fingerprint density at radius 3 is 2.48 bits per heavy atom. The molecule has 1 unspecified atom stereocenters. The molecule has 1 heterocycles. The Morgan fingerprint density at radius 2 is 1.86 bits per heavy atom. The molecule has 1 fully saturated rings. The van der Waals surface area contributed by atoms with Gasteiger partial charge in [0.15, 0.2) is 0 Å². The lowest BCUT2D eigenvalue weighted by molar-refractivity contribution is -0.143. The molecule has 0 aromatic heterocycles. The van der Waals surface area contributed by atoms with Crippen LogP contribution in [0.5, 0.6) is 0 Å². The highest BCUT2D eigenvalue weighted by Gasteiger charge is 2.27. The highest BCUT2D eigenvalue weighted by molar-refractivity contribution is 5.94. The molecule has 114 valence electrons. The van der Waals surface area contributed by atoms with E-state index in [1.807, 2.05) is 47.1 Å². The maximum Gasteiger partial charge on any atom is 0.320 e. The van der Waals surface area contributed by atoms with E-state index in [0.29, 0.717) is 31.6 Å². The second-order valence-corrected chi connectivity index (χ2v) is 5.31. The van der Waals surface area contributed by atoms with Crippen LogP contribution in [-0.2, 0) is 4.79 Å². The minimum Gasteiger partial charge on any atom is -0.480 e. The Labute approximate surface area is 125 Å². The summed E-state index contributed by atoms with van der Waals surface area (Å²) in [5, 5.41) is 9.25. The molecule has 21 heavy (non-hydrogen) atoms. The van der Waals surface area contributed by atoms with Crippen LogP contribution in [0.25, 0.3) is 0 Å². The van der Waals surface area contributed by atoms with Gasteiger partial charge in [-0.2, -0.15) is 0 Å². The van der Waals surface area contributed by atoms with Crippen molar-refractivity contribution in [1.82, 2.24) is 9.80 Å². The maximum atomic E-state index is 12.4. The highest BCUT2D eigenvalue weighted by atomic mass is 16.4. The summed E-state index contributed by atoms with van der Waals surface area (Å²) in [5.41, 5.74) is 0.691. The molecule has 1 aliphatic rings. The Balaban J connectivity index is 2.01. The first-order chi connectivity index (χ1) is 10.1. The molecule has 1 N–H and O–H groups in total. The molecule has 0 saturated carbocycles. The number of hydrogen-bond acceptors (Lipinski definition) is 3. The number of rotatable bonds is 4. The van der Waals surface area contributed by atoms with E-state index in [9.17, 15) is 14.7 Å². The number of hydrogen-bond donors (Lipinski definition) is 1. The first-order valence-electron chi connectivity index (χ1n) is 7.44. The third kappa shape index (κ3) is 3.82. The van der Waals surface area contributed by atoms with Gasteiger partial charge in [-0.25, -0.2) is 0 Å². The smallest absolute Gasteiger partial charge is 0.320 e. The van der Waals surface area contributed by atoms with Crippen LogP contribution in [0.4, 0.5) is 0 Å². The maximum absolute atomic E-state index is 12.4. The number of aliphatic carboxylic acids is 1. The first-order valence-corrected chi connectivity index (χ1v) is 7.44. The number of amides is 1. The van der Waals surface area contributed by atoms with Crippen LogP contribution in [0.15, 0.2) is 30.3 Å². The average Bonchev–Trinajstić information content (AvgIpc) is 2.74. The summed E-state index contributed by atoms with van der Waals surface area (Å²) in [6.45, 7) is 4.49. The molecule has 5 heteroatoms. The number of carboxylic acid groups (broad SMARTS) is 1. The van der Waals surface area contributed by atoms with Crippen LogP contribution in [0.2, 0.25) is 0 Å². The van der Waals surface area contributed by atoms with Crippen molar-refractivity contribution < 1.29 is 14.7 Å². The van der Waals surface area contributed by atoms with Gasteiger partial charge in [0.05, 0.1) is 0 Å². The molecule has 0 spiro atoms. The van der Waals surface area contributed by atoms with Gasteiger partial charge < -0.3 is 10.0 Å². The fourth-order valence-corrected chi connectivity index (χ4v) is 2.80. The summed E-state index contributed by atoms with van der Waals surface area (Å²) in [7, 11) is 0. The first kappa shape index (κ1) is 15.5. The largest absolute Gasteiger partial charge is 0.480 e. The molecular formula is C16H22N2O3. The van der Waals surface area contributed by atoms with Crippen LogP contribution >= 0.6 is 0 Å². The highest BCUT2D eigenvalue weighted by Crippen LogP contribution is 2.13. The minimum atomic E-state index is -0.777. The standard InChI is InChI=1S/C16H22N2O3/c1-2-14(16(20)21)17-9-6-10-18(12-11-17)15(19)13-7-4-3-5-8-13/h3-5,7-8,14H,2,6,9-12H2,1H3,(H,20,21). The lowest BCUT2D eigenvalue weighted by atomic mass is 10.2. The molecule has 1 amide bonds. The summed E-state index contributed by atoms with van der Waals surface area (Å²) < 4.78 is 0. The van der Waals surface area contributed by atoms with Gasteiger partial charge in [-0.1, -0.05) is 25.1 Å². The Hall–Kier alpha value is -1.88. The molecule has 1 atom stereocenters. The molecule has 2 rings (SSSR count). The third-order valence-electron chi connectivity index (χ3n) is 3.95. The van der Waals surface area contributed by atoms with Crippen molar-refractivity contribution in [2.24, 2.45) is 0 Å². The van der Waals surface area contributed by atoms with Crippen molar-refractivity contribution in [2.45, 2.75) is 25.8 Å². The molecule has 1 aromatic rings. The Kier molecular flexibility index (Phi) is 5.33. The summed E-state index contributed by atoms with van der Waals surface area (Å²) in [5.74, 6) is -0.749. The van der Waals surface area contributed by atoms with Crippen LogP contribution in [0.3, 0.4) is 0 Å². The van der Waals surface area contributed by atoms with E-state index in [1.165, 1.54) is 0 Å². The van der Waals surface area contributed by atoms with Crippen molar-refractivity contribution >= 4 is 11.9 Å². The number of carbonyl (C=O) groups excluding carboxylic acids is 1. The van der Waals surface area contributed by atoms with Crippen molar-refractivity contribution in [3.63, 3.8) is 0 Å². The van der Waals surface area contributed by atoms with E-state index in [-0.39, 0.29) is 5.91 Å². The van der Waals surface area contributed by atoms with Gasteiger partial charge in [0.25, 0.3) is 5.91 Å². The second kappa shape index (κ2) is 7.22. The number of carbonyl (C=O) groups is 2. The van der Waals surface area contributed by atoms with E-state index >= 15 is 0 Å². The third-order valence-corrected chi connectivity index (χ3v) is 3.95. The molecule has 0 aliphatic carbocycles. The lowest BCUT2D eigenvalue weighted by Gasteiger charge is -2.26. The van der Waals surface area contributed by atoms with E-state index in [4.69, 9.17) is 0 Å². The normalized spacial score (nSPS) is 18.0. The quantitative estimate of drug-likeness (QED) is 0.917. The lowest BCUT2D eigenvalue weighted by Crippen LogP contribution is -2.43. The fraction of sp³-hybridized carbons (Fsp3) is 0.500. The van der Waals surface area contributed by atoms with Crippen LogP contribution in [-0.4, -0.2) is 59.0 Å². The zero-order valence-electron chi connectivity index (χ0n) is 12.4. The molecule has 5 nitrogen and oxygen atoms in total. The SMILES string of the molecule is CCC(C(=O)O)N1CCCN(C(=O)c2ccccc2)CC1. The van der Waals surface area contributed by atoms with E-state index in [2.05, 4.69) is 0 Å². The molecule has 0 bridgehead atoms. The molecule has 1 aromatic carbocycles. The van der Waals surface area contributed by atoms with Crippen molar-refractivity contribution in [2.75, 3.05) is 26.2 Å². The second-order valence-electron chi connectivity index (χ2n) is 5.31. The van der Waals surface area contributed by atoms with Crippen LogP contribution in [0, 0.1) is 0 Å². The van der Waals surface area contributed by atoms with Gasteiger partial charge in [-0.15, -0.1) is 0 Å². The topological polar surface area (TPSA) is 60.9 Å². The van der Waals surface area contributed by atoms with Gasteiger partial charge in [0.1, 0.15) is 6.04 Å². The van der Waals surface area contributed by atoms with Crippen molar-refractivity contribution in [3.8, 4) is 0 Å². The zero-order chi connectivity index (χ0) is 15.2. The van der Waals surface area contributed by atoms with Gasteiger partial charge in [0, 0.05) is 31.7 Å². The van der Waals surface area contributed by atoms with E-state index < -0.39 is 12.0 Å². The molecule has 1 saturated heterocycles. The van der Waals surface area contributed by atoms with Crippen molar-refractivity contribution in [1.29, 1.82) is 0 Å². The van der Waals surface area contributed by atoms with Gasteiger partial charge >= 0.3 is 5.97 Å². The van der Waals surface area contributed by atoms with Crippen LogP contribution < -0.4 is 0 Å². The number of carboxylic acids is 1. The molecular weight excluding hydrogens is 268 g/mol. The summed E-state index contributed by atoms with van der Waals surface area (Å²) in [6.07, 6.45) is 1.39. The monoisotopic (exact) mass is 290 g/mol. The van der Waals surface area contributed by atoms with Crippen molar-refractivity contribution in [3.05, 3.63) is 35.9 Å². The number of nitrogens with zero attached hydrogens (tertiary/aromatic N) is 2. The number of benzene rings is 1. The molecule has 0 radical (unpaired) electrons. The average molecular weight is 290 g/mol. The van der Waals surface area contributed by atoms with Gasteiger partial charge in [-0.05, 0) is 25.0 Å². The fourth-order valence-electron chi connectivity index (χ4n) is 2.80. The Morgan fingerprint density at radius 1 is 1.14 bits per heavy atom. The van der Waals surface area contributed by atoms with E-state index in [0.717, 1.165) is 13.0 Å². The van der Waals surface area contributed by atoms with E-state index in [1.54, 1.807) is 0 Å². The predicted molar refractivity (Wildman–Crippen MR) is 80.3 cm³/mol. The van der Waals surface area contributed by atoms with Gasteiger partial charge in [-0.3, -0.25) is 14.5 Å². The Bertz CT molecular complexity index is 490. The zero-order valence-corrected chi connectivity index (χ0v) is 12.4. The predicted octanol–water partition coefficient (Wildman–Crippen LogP) is 1.70.